The predicted octanol–water partition coefficient (Wildman–Crippen LogP) is 1.19. The van der Waals surface area contributed by atoms with E-state index >= 15 is 0 Å². The first-order valence-corrected chi connectivity index (χ1v) is 5.59. The van der Waals surface area contributed by atoms with E-state index in [1.165, 1.54) is 11.3 Å². The van der Waals surface area contributed by atoms with Crippen molar-refractivity contribution in [2.45, 2.75) is 19.8 Å². The van der Waals surface area contributed by atoms with Crippen LogP contribution >= 0.6 is 11.3 Å². The van der Waals surface area contributed by atoms with Gasteiger partial charge >= 0.3 is 0 Å². The van der Waals surface area contributed by atoms with Crippen LogP contribution in [-0.2, 0) is 6.42 Å². The number of carbonyl (C=O) groups excluding carboxylic acids is 2. The molecule has 0 radical (unpaired) electrons. The third kappa shape index (κ3) is 1.43. The number of thiophene rings is 1. The maximum Gasteiger partial charge on any atom is 0.251 e. The molecular formula is C10H12N2O2S. The van der Waals surface area contributed by atoms with E-state index < -0.39 is 5.91 Å². The summed E-state index contributed by atoms with van der Waals surface area (Å²) in [5, 5.41) is 0.370. The number of ketones is 1. The third-order valence-electron chi connectivity index (χ3n) is 2.78. The maximum atomic E-state index is 11.8. The van der Waals surface area contributed by atoms with Gasteiger partial charge in [0.1, 0.15) is 0 Å². The van der Waals surface area contributed by atoms with Gasteiger partial charge in [0.2, 0.25) is 0 Å². The van der Waals surface area contributed by atoms with Crippen LogP contribution < -0.4 is 11.5 Å². The van der Waals surface area contributed by atoms with Crippen LogP contribution in [0.2, 0.25) is 0 Å². The molecule has 4 N–H and O–H groups in total. The van der Waals surface area contributed by atoms with Crippen molar-refractivity contribution in [2.24, 2.45) is 11.7 Å². The summed E-state index contributed by atoms with van der Waals surface area (Å²) in [7, 11) is 0. The van der Waals surface area contributed by atoms with E-state index in [1.54, 1.807) is 0 Å². The maximum absolute atomic E-state index is 11.8. The molecule has 0 bridgehead atoms. The van der Waals surface area contributed by atoms with Gasteiger partial charge in [-0.15, -0.1) is 11.3 Å². The minimum atomic E-state index is -0.535. The lowest BCUT2D eigenvalue weighted by Crippen LogP contribution is -2.21. The number of amides is 1. The molecule has 0 spiro atoms. The molecule has 2 rings (SSSR count). The van der Waals surface area contributed by atoms with Crippen LogP contribution in [0, 0.1) is 5.92 Å². The number of hydrogen-bond acceptors (Lipinski definition) is 4. The second-order valence-electron chi connectivity index (χ2n) is 3.82. The van der Waals surface area contributed by atoms with Crippen LogP contribution in [0.5, 0.6) is 0 Å². The first-order chi connectivity index (χ1) is 7.02. The lowest BCUT2D eigenvalue weighted by molar-refractivity contribution is 0.0918. The fourth-order valence-electron chi connectivity index (χ4n) is 1.91. The summed E-state index contributed by atoms with van der Waals surface area (Å²) in [4.78, 5) is 23.6. The molecule has 0 aromatic carbocycles. The average molecular weight is 224 g/mol. The summed E-state index contributed by atoms with van der Waals surface area (Å²) in [6.07, 6.45) is 1.48. The summed E-state index contributed by atoms with van der Waals surface area (Å²) in [6.45, 7) is 1.89. The second kappa shape index (κ2) is 3.34. The summed E-state index contributed by atoms with van der Waals surface area (Å²) in [5.74, 6) is -0.427. The first-order valence-electron chi connectivity index (χ1n) is 4.77. The van der Waals surface area contributed by atoms with Crippen molar-refractivity contribution in [1.29, 1.82) is 0 Å². The van der Waals surface area contributed by atoms with Gasteiger partial charge in [0, 0.05) is 5.92 Å². The van der Waals surface area contributed by atoms with Gasteiger partial charge in [-0.1, -0.05) is 6.92 Å². The Morgan fingerprint density at radius 1 is 1.53 bits per heavy atom. The number of Topliss-reactive ketones (excluding diaryl/α,β-unsaturated/α-hetero) is 1. The monoisotopic (exact) mass is 224 g/mol. The molecule has 1 aromatic rings. The van der Waals surface area contributed by atoms with E-state index in [2.05, 4.69) is 0 Å². The zero-order chi connectivity index (χ0) is 11.2. The smallest absolute Gasteiger partial charge is 0.251 e. The highest BCUT2D eigenvalue weighted by molar-refractivity contribution is 7.18. The van der Waals surface area contributed by atoms with Crippen LogP contribution in [0.15, 0.2) is 0 Å². The van der Waals surface area contributed by atoms with Crippen molar-refractivity contribution in [3.63, 3.8) is 0 Å². The second-order valence-corrected chi connectivity index (χ2v) is 4.87. The fraction of sp³-hybridized carbons (Fsp3) is 0.400. The van der Waals surface area contributed by atoms with Crippen molar-refractivity contribution in [3.05, 3.63) is 16.0 Å². The Kier molecular flexibility index (Phi) is 2.26. The highest BCUT2D eigenvalue weighted by Gasteiger charge is 2.31. The lowest BCUT2D eigenvalue weighted by atomic mass is 9.87. The van der Waals surface area contributed by atoms with Crippen molar-refractivity contribution >= 4 is 28.0 Å². The largest absolute Gasteiger partial charge is 0.390 e. The Bertz CT molecular complexity index is 451. The van der Waals surface area contributed by atoms with E-state index in [0.29, 0.717) is 21.9 Å². The molecule has 80 valence electrons. The number of hydrogen-bond donors (Lipinski definition) is 2. The molecule has 1 aliphatic rings. The summed E-state index contributed by atoms with van der Waals surface area (Å²) >= 11 is 1.18. The van der Waals surface area contributed by atoms with Gasteiger partial charge in [0.05, 0.1) is 15.4 Å². The van der Waals surface area contributed by atoms with Crippen molar-refractivity contribution in [3.8, 4) is 0 Å². The fourth-order valence-corrected chi connectivity index (χ4v) is 3.08. The standard InChI is InChI=1S/C10H12N2O2S/c1-4-2-3-5-6(9(11)14)10(12)15-8(5)7(4)13/h4H,2-3,12H2,1H3,(H2,11,14). The molecule has 5 heteroatoms. The molecule has 0 aliphatic heterocycles. The van der Waals surface area contributed by atoms with Gasteiger partial charge in [-0.25, -0.2) is 0 Å². The van der Waals surface area contributed by atoms with Gasteiger partial charge in [-0.2, -0.15) is 0 Å². The Labute approximate surface area is 91.3 Å². The normalized spacial score (nSPS) is 20.1. The predicted molar refractivity (Wildman–Crippen MR) is 59.1 cm³/mol. The minimum absolute atomic E-state index is 0.0243. The van der Waals surface area contributed by atoms with Gasteiger partial charge < -0.3 is 11.5 Å². The molecule has 1 amide bonds. The minimum Gasteiger partial charge on any atom is -0.390 e. The number of carbonyl (C=O) groups is 2. The van der Waals surface area contributed by atoms with E-state index in [9.17, 15) is 9.59 Å². The van der Waals surface area contributed by atoms with Crippen LogP contribution in [0.4, 0.5) is 5.00 Å². The van der Waals surface area contributed by atoms with Gasteiger partial charge in [-0.05, 0) is 18.4 Å². The lowest BCUT2D eigenvalue weighted by Gasteiger charge is -2.16. The number of fused-ring (bicyclic) bond motifs is 1. The summed E-state index contributed by atoms with van der Waals surface area (Å²) < 4.78 is 0. The highest BCUT2D eigenvalue weighted by atomic mass is 32.1. The molecule has 1 unspecified atom stereocenters. The number of rotatable bonds is 1. The first kappa shape index (κ1) is 10.2. The molecule has 4 nitrogen and oxygen atoms in total. The zero-order valence-corrected chi connectivity index (χ0v) is 9.19. The number of anilines is 1. The number of nitrogens with two attached hydrogens (primary N) is 2. The van der Waals surface area contributed by atoms with E-state index in [-0.39, 0.29) is 11.7 Å². The van der Waals surface area contributed by atoms with Crippen LogP contribution in [0.3, 0.4) is 0 Å². The van der Waals surface area contributed by atoms with E-state index in [4.69, 9.17) is 11.5 Å². The Morgan fingerprint density at radius 2 is 2.20 bits per heavy atom. The van der Waals surface area contributed by atoms with Gasteiger partial charge in [0.15, 0.2) is 5.78 Å². The van der Waals surface area contributed by atoms with Crippen LogP contribution in [0.1, 0.15) is 38.9 Å². The SMILES string of the molecule is CC1CCc2c(sc(N)c2C(N)=O)C1=O. The zero-order valence-electron chi connectivity index (χ0n) is 8.37. The van der Waals surface area contributed by atoms with E-state index in [1.807, 2.05) is 6.92 Å². The third-order valence-corrected chi connectivity index (χ3v) is 3.86. The molecule has 0 saturated heterocycles. The number of primary amides is 1. The van der Waals surface area contributed by atoms with Crippen LogP contribution in [-0.4, -0.2) is 11.7 Å². The molecule has 1 aromatic heterocycles. The Balaban J connectivity index is 2.60. The molecule has 1 aliphatic carbocycles. The quantitative estimate of drug-likeness (QED) is 0.751. The van der Waals surface area contributed by atoms with Crippen molar-refractivity contribution in [2.75, 3.05) is 5.73 Å². The molecule has 0 saturated carbocycles. The van der Waals surface area contributed by atoms with Gasteiger partial charge in [0.25, 0.3) is 5.91 Å². The Morgan fingerprint density at radius 3 is 2.80 bits per heavy atom. The average Bonchev–Trinajstić information content (AvgIpc) is 2.49. The molecule has 1 atom stereocenters. The summed E-state index contributed by atoms with van der Waals surface area (Å²) in [5.41, 5.74) is 12.0. The van der Waals surface area contributed by atoms with E-state index in [0.717, 1.165) is 12.0 Å². The molecule has 0 fully saturated rings. The molecule has 1 heterocycles. The molecular weight excluding hydrogens is 212 g/mol. The summed E-state index contributed by atoms with van der Waals surface area (Å²) in [6, 6.07) is 0. The number of nitrogen functional groups attached to an aromatic ring is 1. The van der Waals surface area contributed by atoms with Crippen molar-refractivity contribution < 1.29 is 9.59 Å². The topological polar surface area (TPSA) is 86.2 Å². The molecule has 15 heavy (non-hydrogen) atoms. The Hall–Kier alpha value is -1.36. The van der Waals surface area contributed by atoms with Crippen LogP contribution in [0.25, 0.3) is 0 Å². The van der Waals surface area contributed by atoms with Gasteiger partial charge in [-0.3, -0.25) is 9.59 Å². The van der Waals surface area contributed by atoms with Crippen molar-refractivity contribution in [1.82, 2.24) is 0 Å². The highest BCUT2D eigenvalue weighted by Crippen LogP contribution is 2.37.